The zero-order chi connectivity index (χ0) is 15.9. The minimum Gasteiger partial charge on any atom is -0.493 e. The van der Waals surface area contributed by atoms with Crippen LogP contribution in [0.1, 0.15) is 30.2 Å². The molecule has 0 amide bonds. The third-order valence-corrected chi connectivity index (χ3v) is 3.84. The minimum absolute atomic E-state index is 0.751. The van der Waals surface area contributed by atoms with Crippen molar-refractivity contribution in [2.75, 3.05) is 20.2 Å². The lowest BCUT2D eigenvalue weighted by atomic mass is 10.1. The first-order valence-electron chi connectivity index (χ1n) is 7.97. The molecule has 0 fully saturated rings. The largest absolute Gasteiger partial charge is 0.493 e. The molecular formula is C18H27N3O. The second-order valence-corrected chi connectivity index (χ2v) is 5.88. The summed E-state index contributed by atoms with van der Waals surface area (Å²) in [5.74, 6) is 0.998. The Morgan fingerprint density at radius 2 is 2.09 bits per heavy atom. The molecule has 0 radical (unpaired) electrons. The summed E-state index contributed by atoms with van der Waals surface area (Å²) in [7, 11) is 2.14. The van der Waals surface area contributed by atoms with Crippen LogP contribution in [0.25, 0.3) is 0 Å². The van der Waals surface area contributed by atoms with E-state index in [1.165, 1.54) is 16.8 Å². The second-order valence-electron chi connectivity index (χ2n) is 5.88. The Morgan fingerprint density at radius 3 is 2.82 bits per heavy atom. The van der Waals surface area contributed by atoms with Crippen LogP contribution >= 0.6 is 0 Å². The van der Waals surface area contributed by atoms with Gasteiger partial charge in [-0.25, -0.2) is 4.98 Å². The van der Waals surface area contributed by atoms with Crippen LogP contribution in [0, 0.1) is 13.8 Å². The van der Waals surface area contributed by atoms with E-state index < -0.39 is 0 Å². The molecule has 4 nitrogen and oxygen atoms in total. The normalized spacial score (nSPS) is 11.1. The molecule has 0 aliphatic carbocycles. The number of ether oxygens (including phenoxy) is 1. The number of nitrogens with zero attached hydrogens (tertiary/aromatic N) is 3. The third-order valence-electron chi connectivity index (χ3n) is 3.84. The van der Waals surface area contributed by atoms with Gasteiger partial charge in [0.15, 0.2) is 0 Å². The zero-order valence-electron chi connectivity index (χ0n) is 14.2. The molecule has 22 heavy (non-hydrogen) atoms. The first-order valence-corrected chi connectivity index (χ1v) is 7.97. The van der Waals surface area contributed by atoms with Gasteiger partial charge in [-0.1, -0.05) is 17.7 Å². The van der Waals surface area contributed by atoms with Crippen LogP contribution in [-0.4, -0.2) is 34.7 Å². The highest BCUT2D eigenvalue weighted by Crippen LogP contribution is 2.18. The highest BCUT2D eigenvalue weighted by Gasteiger charge is 2.05. The lowest BCUT2D eigenvalue weighted by Gasteiger charge is -2.17. The van der Waals surface area contributed by atoms with E-state index >= 15 is 0 Å². The summed E-state index contributed by atoms with van der Waals surface area (Å²) in [6, 6.07) is 6.32. The molecule has 0 saturated carbocycles. The standard InChI is InChI=1S/C18H27N3O/c1-5-21-14-19-12-17(21)13-20(4)9-6-10-22-18-8-7-15(2)11-16(18)3/h7-8,11-12,14H,5-6,9-10,13H2,1-4H3. The van der Waals surface area contributed by atoms with Gasteiger partial charge in [-0.05, 0) is 45.9 Å². The van der Waals surface area contributed by atoms with Crippen LogP contribution in [0.2, 0.25) is 0 Å². The molecule has 2 rings (SSSR count). The Bertz CT molecular complexity index is 592. The number of imidazole rings is 1. The molecule has 0 atom stereocenters. The van der Waals surface area contributed by atoms with Gasteiger partial charge in [-0.3, -0.25) is 0 Å². The average Bonchev–Trinajstić information content (AvgIpc) is 2.92. The van der Waals surface area contributed by atoms with Gasteiger partial charge in [-0.2, -0.15) is 0 Å². The molecule has 0 aliphatic rings. The summed E-state index contributed by atoms with van der Waals surface area (Å²) in [5, 5.41) is 0. The maximum Gasteiger partial charge on any atom is 0.122 e. The van der Waals surface area contributed by atoms with Crippen molar-refractivity contribution in [3.63, 3.8) is 0 Å². The van der Waals surface area contributed by atoms with Crippen molar-refractivity contribution in [3.8, 4) is 5.75 Å². The maximum atomic E-state index is 5.88. The summed E-state index contributed by atoms with van der Waals surface area (Å²) in [4.78, 5) is 6.52. The molecule has 4 heteroatoms. The number of hydrogen-bond acceptors (Lipinski definition) is 3. The monoisotopic (exact) mass is 301 g/mol. The highest BCUT2D eigenvalue weighted by molar-refractivity contribution is 5.35. The predicted octanol–water partition coefficient (Wildman–Crippen LogP) is 3.42. The van der Waals surface area contributed by atoms with E-state index in [1.807, 2.05) is 12.5 Å². The zero-order valence-corrected chi connectivity index (χ0v) is 14.2. The van der Waals surface area contributed by atoms with E-state index in [4.69, 9.17) is 4.74 Å². The van der Waals surface area contributed by atoms with Crippen molar-refractivity contribution >= 4 is 0 Å². The van der Waals surface area contributed by atoms with Gasteiger partial charge in [0, 0.05) is 25.8 Å². The molecule has 1 heterocycles. The molecule has 0 saturated heterocycles. The van der Waals surface area contributed by atoms with Gasteiger partial charge in [0.1, 0.15) is 5.75 Å². The lowest BCUT2D eigenvalue weighted by Crippen LogP contribution is -2.22. The van der Waals surface area contributed by atoms with E-state index in [-0.39, 0.29) is 0 Å². The summed E-state index contributed by atoms with van der Waals surface area (Å²) in [6.45, 7) is 10.0. The maximum absolute atomic E-state index is 5.88. The van der Waals surface area contributed by atoms with Crippen molar-refractivity contribution in [2.45, 2.75) is 40.3 Å². The number of aromatic nitrogens is 2. The van der Waals surface area contributed by atoms with Crippen LogP contribution in [0.3, 0.4) is 0 Å². The van der Waals surface area contributed by atoms with Crippen LogP contribution in [0.4, 0.5) is 0 Å². The molecule has 1 aromatic carbocycles. The number of hydrogen-bond donors (Lipinski definition) is 0. The van der Waals surface area contributed by atoms with E-state index in [0.29, 0.717) is 0 Å². The fourth-order valence-corrected chi connectivity index (χ4v) is 2.60. The molecule has 0 aliphatic heterocycles. The van der Waals surface area contributed by atoms with Gasteiger partial charge in [0.05, 0.1) is 18.6 Å². The molecule has 2 aromatic rings. The van der Waals surface area contributed by atoms with Gasteiger partial charge in [0.2, 0.25) is 0 Å². The highest BCUT2D eigenvalue weighted by atomic mass is 16.5. The fraction of sp³-hybridized carbons (Fsp3) is 0.500. The van der Waals surface area contributed by atoms with E-state index in [1.54, 1.807) is 0 Å². The van der Waals surface area contributed by atoms with Gasteiger partial charge in [-0.15, -0.1) is 0 Å². The molecule has 0 N–H and O–H groups in total. The quantitative estimate of drug-likeness (QED) is 0.700. The molecular weight excluding hydrogens is 274 g/mol. The number of aryl methyl sites for hydroxylation is 3. The first-order chi connectivity index (χ1) is 10.6. The molecule has 0 bridgehead atoms. The number of rotatable bonds is 8. The van der Waals surface area contributed by atoms with E-state index in [2.05, 4.69) is 60.5 Å². The van der Waals surface area contributed by atoms with Crippen molar-refractivity contribution < 1.29 is 4.74 Å². The third kappa shape index (κ3) is 4.60. The summed E-state index contributed by atoms with van der Waals surface area (Å²) < 4.78 is 8.06. The predicted molar refractivity (Wildman–Crippen MR) is 90.3 cm³/mol. The molecule has 0 spiro atoms. The van der Waals surface area contributed by atoms with Crippen molar-refractivity contribution in [2.24, 2.45) is 0 Å². The van der Waals surface area contributed by atoms with Crippen LogP contribution < -0.4 is 4.74 Å². The Hall–Kier alpha value is -1.81. The number of benzene rings is 1. The second kappa shape index (κ2) is 7.99. The van der Waals surface area contributed by atoms with Gasteiger partial charge < -0.3 is 14.2 Å². The van der Waals surface area contributed by atoms with Gasteiger partial charge >= 0.3 is 0 Å². The lowest BCUT2D eigenvalue weighted by molar-refractivity contribution is 0.255. The smallest absolute Gasteiger partial charge is 0.122 e. The van der Waals surface area contributed by atoms with Crippen molar-refractivity contribution in [1.82, 2.24) is 14.5 Å². The summed E-state index contributed by atoms with van der Waals surface area (Å²) in [6.07, 6.45) is 4.86. The van der Waals surface area contributed by atoms with Crippen LogP contribution in [0.5, 0.6) is 5.75 Å². The minimum atomic E-state index is 0.751. The van der Waals surface area contributed by atoms with E-state index in [0.717, 1.165) is 38.4 Å². The Morgan fingerprint density at radius 1 is 1.27 bits per heavy atom. The van der Waals surface area contributed by atoms with Gasteiger partial charge in [0.25, 0.3) is 0 Å². The average molecular weight is 301 g/mol. The summed E-state index contributed by atoms with van der Waals surface area (Å²) in [5.41, 5.74) is 3.75. The first kappa shape index (κ1) is 16.6. The van der Waals surface area contributed by atoms with Crippen LogP contribution in [0.15, 0.2) is 30.7 Å². The Kier molecular flexibility index (Phi) is 6.01. The molecule has 1 aromatic heterocycles. The van der Waals surface area contributed by atoms with Crippen LogP contribution in [-0.2, 0) is 13.1 Å². The molecule has 120 valence electrons. The van der Waals surface area contributed by atoms with Crippen molar-refractivity contribution in [1.29, 1.82) is 0 Å². The summed E-state index contributed by atoms with van der Waals surface area (Å²) >= 11 is 0. The molecule has 0 unspecified atom stereocenters. The fourth-order valence-electron chi connectivity index (χ4n) is 2.60. The van der Waals surface area contributed by atoms with Crippen molar-refractivity contribution in [3.05, 3.63) is 47.5 Å². The SMILES string of the molecule is CCn1cncc1CN(C)CCCOc1ccc(C)cc1C. The Balaban J connectivity index is 1.72. The van der Waals surface area contributed by atoms with E-state index in [9.17, 15) is 0 Å². The topological polar surface area (TPSA) is 30.3 Å². The Labute approximate surface area is 133 Å².